The number of benzene rings is 1. The number of hydrogen-bond acceptors (Lipinski definition) is 3. The molecule has 2 atom stereocenters. The molecule has 0 amide bonds. The number of hydrogen-bond donors (Lipinski definition) is 0. The summed E-state index contributed by atoms with van der Waals surface area (Å²) in [5, 5.41) is 0. The maximum atomic E-state index is 5.59. The van der Waals surface area contributed by atoms with Crippen molar-refractivity contribution in [1.29, 1.82) is 0 Å². The van der Waals surface area contributed by atoms with E-state index in [1.165, 1.54) is 5.56 Å². The van der Waals surface area contributed by atoms with Crippen LogP contribution < -0.4 is 4.74 Å². The zero-order chi connectivity index (χ0) is 10.7. The van der Waals surface area contributed by atoms with Crippen molar-refractivity contribution in [3.8, 4) is 5.75 Å². The van der Waals surface area contributed by atoms with Crippen LogP contribution in [0.4, 0.5) is 0 Å². The highest BCUT2D eigenvalue weighted by atomic mass is 16.7. The van der Waals surface area contributed by atoms with Crippen LogP contribution in [-0.2, 0) is 9.47 Å². The van der Waals surface area contributed by atoms with Gasteiger partial charge in [0.15, 0.2) is 0 Å². The van der Waals surface area contributed by atoms with Crippen LogP contribution in [0.2, 0.25) is 0 Å². The Bertz CT molecular complexity index is 307. The van der Waals surface area contributed by atoms with E-state index in [4.69, 9.17) is 14.2 Å². The van der Waals surface area contributed by atoms with Crippen molar-refractivity contribution < 1.29 is 14.2 Å². The third-order valence-electron chi connectivity index (χ3n) is 2.67. The molecule has 0 saturated carbocycles. The van der Waals surface area contributed by atoms with Crippen molar-refractivity contribution in [2.24, 2.45) is 5.92 Å². The number of ether oxygens (including phenoxy) is 3. The summed E-state index contributed by atoms with van der Waals surface area (Å²) in [5.74, 6) is 1.27. The lowest BCUT2D eigenvalue weighted by Gasteiger charge is -2.29. The molecule has 1 fully saturated rings. The van der Waals surface area contributed by atoms with E-state index >= 15 is 0 Å². The van der Waals surface area contributed by atoms with Gasteiger partial charge in [0.2, 0.25) is 0 Å². The van der Waals surface area contributed by atoms with Gasteiger partial charge in [0.1, 0.15) is 12.5 Å². The molecular weight excluding hydrogens is 192 g/mol. The maximum absolute atomic E-state index is 5.59. The van der Waals surface area contributed by atoms with E-state index < -0.39 is 0 Å². The van der Waals surface area contributed by atoms with Crippen LogP contribution in [-0.4, -0.2) is 20.5 Å². The fourth-order valence-corrected chi connectivity index (χ4v) is 1.83. The molecule has 0 bridgehead atoms. The highest BCUT2D eigenvalue weighted by Crippen LogP contribution is 2.30. The molecular formula is C12H16O3. The fraction of sp³-hybridized carbons (Fsp3) is 0.500. The zero-order valence-corrected chi connectivity index (χ0v) is 9.10. The van der Waals surface area contributed by atoms with Gasteiger partial charge in [0.25, 0.3) is 0 Å². The predicted octanol–water partition coefficient (Wildman–Crippen LogP) is 2.38. The molecule has 1 aliphatic heterocycles. The molecule has 0 spiro atoms. The molecule has 0 N–H and O–H groups in total. The molecule has 15 heavy (non-hydrogen) atoms. The lowest BCUT2D eigenvalue weighted by molar-refractivity contribution is -0.168. The van der Waals surface area contributed by atoms with Gasteiger partial charge >= 0.3 is 0 Å². The monoisotopic (exact) mass is 208 g/mol. The number of rotatable bonds is 2. The van der Waals surface area contributed by atoms with E-state index in [9.17, 15) is 0 Å². The van der Waals surface area contributed by atoms with Crippen LogP contribution in [0, 0.1) is 5.92 Å². The smallest absolute Gasteiger partial charge is 0.147 e. The van der Waals surface area contributed by atoms with Gasteiger partial charge in [-0.2, -0.15) is 0 Å². The Morgan fingerprint density at radius 1 is 1.27 bits per heavy atom. The topological polar surface area (TPSA) is 27.7 Å². The summed E-state index contributed by atoms with van der Waals surface area (Å²) in [6.07, 6.45) is 0.143. The van der Waals surface area contributed by atoms with Crippen LogP contribution in [0.5, 0.6) is 5.75 Å². The van der Waals surface area contributed by atoms with Crippen molar-refractivity contribution >= 4 is 0 Å². The Morgan fingerprint density at radius 2 is 2.00 bits per heavy atom. The summed E-state index contributed by atoms with van der Waals surface area (Å²) in [6, 6.07) is 8.01. The van der Waals surface area contributed by atoms with Crippen LogP contribution in [0.3, 0.4) is 0 Å². The molecule has 1 aromatic carbocycles. The second-order valence-corrected chi connectivity index (χ2v) is 3.83. The maximum Gasteiger partial charge on any atom is 0.147 e. The molecule has 0 aliphatic carbocycles. The minimum Gasteiger partial charge on any atom is -0.497 e. The first-order valence-corrected chi connectivity index (χ1v) is 5.14. The first-order chi connectivity index (χ1) is 7.31. The minimum absolute atomic E-state index is 0.143. The molecule has 0 aromatic heterocycles. The highest BCUT2D eigenvalue weighted by molar-refractivity contribution is 5.28. The summed E-state index contributed by atoms with van der Waals surface area (Å²) < 4.78 is 15.9. The first-order valence-electron chi connectivity index (χ1n) is 5.14. The zero-order valence-electron chi connectivity index (χ0n) is 9.10. The van der Waals surface area contributed by atoms with Crippen molar-refractivity contribution in [2.45, 2.75) is 13.0 Å². The van der Waals surface area contributed by atoms with E-state index in [0.29, 0.717) is 12.7 Å². The second-order valence-electron chi connectivity index (χ2n) is 3.83. The van der Waals surface area contributed by atoms with Gasteiger partial charge in [-0.3, -0.25) is 0 Å². The van der Waals surface area contributed by atoms with E-state index in [0.717, 1.165) is 12.4 Å². The van der Waals surface area contributed by atoms with E-state index in [-0.39, 0.29) is 6.10 Å². The van der Waals surface area contributed by atoms with Crippen LogP contribution in [0.25, 0.3) is 0 Å². The normalized spacial score (nSPS) is 26.3. The molecule has 1 aliphatic rings. The Hall–Kier alpha value is -1.06. The summed E-state index contributed by atoms with van der Waals surface area (Å²) in [7, 11) is 1.67. The van der Waals surface area contributed by atoms with Gasteiger partial charge in [-0.25, -0.2) is 0 Å². The lowest BCUT2D eigenvalue weighted by Crippen LogP contribution is -2.25. The molecule has 1 saturated heterocycles. The fourth-order valence-electron chi connectivity index (χ4n) is 1.83. The third-order valence-corrected chi connectivity index (χ3v) is 2.67. The molecule has 3 heteroatoms. The summed E-state index contributed by atoms with van der Waals surface area (Å²) >= 11 is 0. The van der Waals surface area contributed by atoms with Gasteiger partial charge in [0.05, 0.1) is 19.8 Å². The minimum atomic E-state index is 0.143. The largest absolute Gasteiger partial charge is 0.497 e. The third kappa shape index (κ3) is 2.30. The molecule has 82 valence electrons. The molecule has 2 rings (SSSR count). The average Bonchev–Trinajstić information content (AvgIpc) is 2.30. The Balaban J connectivity index is 2.13. The van der Waals surface area contributed by atoms with Gasteiger partial charge in [-0.1, -0.05) is 19.1 Å². The van der Waals surface area contributed by atoms with Gasteiger partial charge in [-0.15, -0.1) is 0 Å². The highest BCUT2D eigenvalue weighted by Gasteiger charge is 2.24. The van der Waals surface area contributed by atoms with E-state index in [1.807, 2.05) is 24.3 Å². The first kappa shape index (κ1) is 10.5. The molecule has 1 aromatic rings. The Labute approximate surface area is 90.0 Å². The second kappa shape index (κ2) is 4.64. The quantitative estimate of drug-likeness (QED) is 0.746. The van der Waals surface area contributed by atoms with Gasteiger partial charge < -0.3 is 14.2 Å². The number of methoxy groups -OCH3 is 1. The van der Waals surface area contributed by atoms with E-state index in [2.05, 4.69) is 6.92 Å². The standard InChI is InChI=1S/C12H16O3/c1-9-7-14-8-15-12(9)10-3-5-11(13-2)6-4-10/h3-6,9,12H,7-8H2,1-2H3/t9-,12-/m1/s1. The molecule has 3 nitrogen and oxygen atoms in total. The van der Waals surface area contributed by atoms with Crippen molar-refractivity contribution in [1.82, 2.24) is 0 Å². The van der Waals surface area contributed by atoms with Gasteiger partial charge in [0, 0.05) is 5.92 Å². The van der Waals surface area contributed by atoms with Crippen molar-refractivity contribution in [3.63, 3.8) is 0 Å². The van der Waals surface area contributed by atoms with Crippen molar-refractivity contribution in [2.75, 3.05) is 20.5 Å². The summed E-state index contributed by atoms with van der Waals surface area (Å²) in [4.78, 5) is 0. The summed E-state index contributed by atoms with van der Waals surface area (Å²) in [5.41, 5.74) is 1.19. The summed E-state index contributed by atoms with van der Waals surface area (Å²) in [6.45, 7) is 3.28. The molecule has 1 heterocycles. The van der Waals surface area contributed by atoms with Gasteiger partial charge in [-0.05, 0) is 17.7 Å². The average molecular weight is 208 g/mol. The van der Waals surface area contributed by atoms with Crippen LogP contribution in [0.15, 0.2) is 24.3 Å². The Kier molecular flexibility index (Phi) is 3.23. The SMILES string of the molecule is COc1ccc([C@@H]2OCOC[C@H]2C)cc1. The predicted molar refractivity (Wildman–Crippen MR) is 56.8 cm³/mol. The van der Waals surface area contributed by atoms with Crippen LogP contribution >= 0.6 is 0 Å². The molecule has 0 radical (unpaired) electrons. The van der Waals surface area contributed by atoms with Crippen molar-refractivity contribution in [3.05, 3.63) is 29.8 Å². The van der Waals surface area contributed by atoms with E-state index in [1.54, 1.807) is 7.11 Å². The molecule has 0 unspecified atom stereocenters. The lowest BCUT2D eigenvalue weighted by atomic mass is 9.97. The van der Waals surface area contributed by atoms with Crippen LogP contribution in [0.1, 0.15) is 18.6 Å². The Morgan fingerprint density at radius 3 is 2.60 bits per heavy atom.